The molecule has 0 bridgehead atoms. The number of nitrogens with one attached hydrogen (secondary N) is 1. The van der Waals surface area contributed by atoms with Crippen LogP contribution in [0.3, 0.4) is 0 Å². The van der Waals surface area contributed by atoms with Gasteiger partial charge >= 0.3 is 6.09 Å². The maximum absolute atomic E-state index is 12.3. The molecule has 1 heterocycles. The van der Waals surface area contributed by atoms with E-state index >= 15 is 0 Å². The van der Waals surface area contributed by atoms with Crippen LogP contribution in [0.15, 0.2) is 12.3 Å². The van der Waals surface area contributed by atoms with Gasteiger partial charge in [0.05, 0.1) is 12.7 Å². The first kappa shape index (κ1) is 19.2. The van der Waals surface area contributed by atoms with E-state index in [0.717, 1.165) is 0 Å². The summed E-state index contributed by atoms with van der Waals surface area (Å²) in [5, 5.41) is 2.18. The number of aromatic nitrogens is 1. The van der Waals surface area contributed by atoms with Crippen molar-refractivity contribution in [3.8, 4) is 17.6 Å². The molecule has 8 heteroatoms. The third kappa shape index (κ3) is 8.71. The van der Waals surface area contributed by atoms with Gasteiger partial charge in [-0.15, -0.1) is 0 Å². The van der Waals surface area contributed by atoms with Gasteiger partial charge in [0.15, 0.2) is 8.32 Å². The fourth-order valence-corrected chi connectivity index (χ4v) is 3.63. The largest absolute Gasteiger partial charge is 0.489 e. The van der Waals surface area contributed by atoms with Crippen LogP contribution in [-0.4, -0.2) is 32.7 Å². The zero-order valence-corrected chi connectivity index (χ0v) is 21.7. The predicted octanol–water partition coefficient (Wildman–Crippen LogP) is 4.98. The van der Waals surface area contributed by atoms with Gasteiger partial charge in [-0.2, -0.15) is 0 Å². The molecule has 0 fully saturated rings. The Morgan fingerprint density at radius 1 is 1.25 bits per heavy atom. The minimum Gasteiger partial charge on any atom is -0.489 e. The second kappa shape index (κ2) is 10.1. The molecule has 3 N–H and O–H groups in total. The highest BCUT2D eigenvalue weighted by Crippen LogP contribution is 2.39. The second-order valence-corrected chi connectivity index (χ2v) is 14.9. The molecule has 0 atom stereocenters. The lowest BCUT2D eigenvalue weighted by Gasteiger charge is -2.42. The molecule has 0 spiro atoms. The number of carbonyl (C=O) groups is 1. The number of anilines is 1. The van der Waals surface area contributed by atoms with E-state index in [1.54, 1.807) is 20.8 Å². The van der Waals surface area contributed by atoms with Crippen molar-refractivity contribution in [1.29, 1.82) is 0 Å². The number of hydrogen-bond donors (Lipinski definition) is 2. The summed E-state index contributed by atoms with van der Waals surface area (Å²) in [6.45, 7) is 8.71. The molecular formula is C24H42N3O4Si+. The molecule has 0 unspecified atom stereocenters. The molecule has 0 aromatic carbocycles. The Morgan fingerprint density at radius 3 is 2.38 bits per heavy atom. The number of hydrogen-bond acceptors (Lipinski definition) is 5. The first-order valence-corrected chi connectivity index (χ1v) is 13.4. The quantitative estimate of drug-likeness (QED) is 0.265. The SMILES string of the molecule is [2H]C([2H])([2H])C(CCC#Cc1cc(NC(=O)OC(C)(C)C)c(OC)c[n+]1N)(O[Si](C)(C)C(C)(C)C)C([2H])([2H])[2H]. The third-order valence-electron chi connectivity index (χ3n) is 4.99. The molecule has 180 valence electrons. The highest BCUT2D eigenvalue weighted by atomic mass is 28.4. The predicted molar refractivity (Wildman–Crippen MR) is 132 cm³/mol. The Bertz CT molecular complexity index is 1050. The number of amides is 1. The van der Waals surface area contributed by atoms with Crippen LogP contribution >= 0.6 is 0 Å². The van der Waals surface area contributed by atoms with Gasteiger partial charge in [-0.1, -0.05) is 31.4 Å². The Balaban J connectivity index is 3.37. The molecule has 7 nitrogen and oxygen atoms in total. The third-order valence-corrected chi connectivity index (χ3v) is 9.46. The van der Waals surface area contributed by atoms with E-state index in [1.165, 1.54) is 24.0 Å². The van der Waals surface area contributed by atoms with Crippen molar-refractivity contribution >= 4 is 20.1 Å². The number of ether oxygens (including phenoxy) is 2. The van der Waals surface area contributed by atoms with E-state index in [2.05, 4.69) is 17.2 Å². The van der Waals surface area contributed by atoms with Crippen molar-refractivity contribution in [2.24, 2.45) is 0 Å². The van der Waals surface area contributed by atoms with Crippen molar-refractivity contribution in [3.05, 3.63) is 18.0 Å². The molecule has 0 aliphatic carbocycles. The molecule has 0 aliphatic heterocycles. The van der Waals surface area contributed by atoms with Crippen LogP contribution in [0.2, 0.25) is 18.1 Å². The van der Waals surface area contributed by atoms with Gasteiger partial charge in [0, 0.05) is 26.6 Å². The maximum atomic E-state index is 12.3. The number of nitrogen functional groups attached to an aromatic ring is 1. The maximum Gasteiger partial charge on any atom is 0.412 e. The molecule has 0 aliphatic rings. The minimum atomic E-state index is -2.92. The summed E-state index contributed by atoms with van der Waals surface area (Å²) in [5.41, 5.74) is -2.59. The summed E-state index contributed by atoms with van der Waals surface area (Å²) in [6.07, 6.45) is 0.273. The van der Waals surface area contributed by atoms with E-state index in [9.17, 15) is 4.79 Å². The summed E-state index contributed by atoms with van der Waals surface area (Å²) in [6, 6.07) is 1.47. The Labute approximate surface area is 203 Å². The summed E-state index contributed by atoms with van der Waals surface area (Å²) in [4.78, 5) is 12.3. The normalized spacial score (nSPS) is 16.2. The van der Waals surface area contributed by atoms with E-state index in [0.29, 0.717) is 0 Å². The van der Waals surface area contributed by atoms with Crippen molar-refractivity contribution < 1.29 is 31.6 Å². The van der Waals surface area contributed by atoms with Gasteiger partial charge in [-0.05, 0) is 59.0 Å². The number of pyridine rings is 1. The van der Waals surface area contributed by atoms with Crippen LogP contribution in [0.5, 0.6) is 5.75 Å². The average Bonchev–Trinajstić information content (AvgIpc) is 2.67. The van der Waals surface area contributed by atoms with Gasteiger partial charge in [-0.3, -0.25) is 5.32 Å². The molecule has 1 rings (SSSR count). The zero-order valence-electron chi connectivity index (χ0n) is 26.7. The van der Waals surface area contributed by atoms with E-state index in [-0.39, 0.29) is 30.0 Å². The van der Waals surface area contributed by atoms with Crippen LogP contribution in [-0.2, 0) is 9.16 Å². The molecule has 1 amide bonds. The lowest BCUT2D eigenvalue weighted by molar-refractivity contribution is -0.641. The number of carbonyl (C=O) groups excluding carboxylic acids is 1. The Kier molecular flexibility index (Phi) is 6.10. The molecular weight excluding hydrogens is 422 g/mol. The van der Waals surface area contributed by atoms with Crippen LogP contribution < -0.4 is 20.6 Å². The first-order valence-electron chi connectivity index (χ1n) is 13.4. The fourth-order valence-electron chi connectivity index (χ4n) is 2.35. The van der Waals surface area contributed by atoms with Gasteiger partial charge in [0.1, 0.15) is 11.3 Å². The number of nitrogens with two attached hydrogens (primary N) is 1. The summed E-state index contributed by atoms with van der Waals surface area (Å²) >= 11 is 0. The zero-order chi connectivity index (χ0) is 30.0. The fraction of sp³-hybridized carbons (Fsp3) is 0.667. The van der Waals surface area contributed by atoms with Crippen molar-refractivity contribution in [1.82, 2.24) is 0 Å². The molecule has 0 saturated heterocycles. The highest BCUT2D eigenvalue weighted by molar-refractivity contribution is 6.74. The van der Waals surface area contributed by atoms with Crippen LogP contribution in [0.25, 0.3) is 0 Å². The van der Waals surface area contributed by atoms with Gasteiger partial charge in [0.2, 0.25) is 11.9 Å². The first-order chi connectivity index (χ1) is 16.9. The number of nitrogens with zero attached hydrogens (tertiary/aromatic N) is 1. The van der Waals surface area contributed by atoms with Crippen molar-refractivity contribution in [3.63, 3.8) is 0 Å². The Hall–Kier alpha value is -2.24. The summed E-state index contributed by atoms with van der Waals surface area (Å²) < 4.78 is 66.8. The van der Waals surface area contributed by atoms with Gasteiger partial charge in [0.25, 0.3) is 5.69 Å². The van der Waals surface area contributed by atoms with E-state index in [4.69, 9.17) is 28.0 Å². The minimum absolute atomic E-state index is 0.0910. The van der Waals surface area contributed by atoms with Crippen LogP contribution in [0.1, 0.15) is 82.0 Å². The second-order valence-electron chi connectivity index (χ2n) is 10.2. The molecule has 0 saturated carbocycles. The molecule has 1 aromatic heterocycles. The highest BCUT2D eigenvalue weighted by Gasteiger charge is 2.41. The van der Waals surface area contributed by atoms with Crippen LogP contribution in [0.4, 0.5) is 10.5 Å². The summed E-state index contributed by atoms with van der Waals surface area (Å²) in [5.74, 6) is 11.9. The van der Waals surface area contributed by atoms with Gasteiger partial charge in [-0.25, -0.2) is 10.6 Å². The summed E-state index contributed by atoms with van der Waals surface area (Å²) in [7, 11) is -1.39. The smallest absolute Gasteiger partial charge is 0.412 e. The van der Waals surface area contributed by atoms with Crippen LogP contribution in [0, 0.1) is 11.8 Å². The lowest BCUT2D eigenvalue weighted by atomic mass is 10.0. The monoisotopic (exact) mass is 470 g/mol. The standard InChI is InChI=1S/C24H41N3O4Si/c1-22(2,3)30-21(28)26-19-16-18(27(25)17-20(19)29-9)14-12-13-15-24(7,8)31-32(10,11)23(4,5)6/h16-17H,13,15,25H2,1-11H3/p+1/i7D3,8D3. The van der Waals surface area contributed by atoms with Crippen molar-refractivity contribution in [2.45, 2.75) is 97.4 Å². The molecule has 0 radical (unpaired) electrons. The number of methoxy groups -OCH3 is 1. The Morgan fingerprint density at radius 2 is 1.88 bits per heavy atom. The van der Waals surface area contributed by atoms with Gasteiger partial charge < -0.3 is 13.9 Å². The molecule has 1 aromatic rings. The average molecular weight is 471 g/mol. The van der Waals surface area contributed by atoms with E-state index < -0.39 is 44.4 Å². The topological polar surface area (TPSA) is 86.7 Å². The lowest BCUT2D eigenvalue weighted by Crippen LogP contribution is -2.47. The van der Waals surface area contributed by atoms with Crippen molar-refractivity contribution in [2.75, 3.05) is 18.3 Å². The van der Waals surface area contributed by atoms with E-state index in [1.807, 2.05) is 33.9 Å². The molecule has 32 heavy (non-hydrogen) atoms. The number of rotatable bonds is 6.